The number of alkyl halides is 1. The van der Waals surface area contributed by atoms with E-state index in [1.165, 1.54) is 4.90 Å². The Morgan fingerprint density at radius 2 is 1.57 bits per heavy atom. The number of aliphatic hydroxyl groups excluding tert-OH is 1. The first-order chi connectivity index (χ1) is 13.6. The summed E-state index contributed by atoms with van der Waals surface area (Å²) in [6, 6.07) is 17.7. The molecule has 7 heteroatoms. The Morgan fingerprint density at radius 1 is 0.964 bits per heavy atom. The quantitative estimate of drug-likeness (QED) is 0.596. The maximum Gasteiger partial charge on any atom is 0.266 e. The Bertz CT molecular complexity index is 848. The van der Waals surface area contributed by atoms with Gasteiger partial charge in [0.15, 0.2) is 6.10 Å². The minimum absolute atomic E-state index is 0.0131. The van der Waals surface area contributed by atoms with Crippen molar-refractivity contribution in [3.63, 3.8) is 0 Å². The highest BCUT2D eigenvalue weighted by Crippen LogP contribution is 2.43. The summed E-state index contributed by atoms with van der Waals surface area (Å²) >= 11 is 6.67. The molecule has 146 valence electrons. The van der Waals surface area contributed by atoms with E-state index in [1.54, 1.807) is 29.3 Å². The van der Waals surface area contributed by atoms with Crippen LogP contribution < -0.4 is 9.96 Å². The molecule has 2 heterocycles. The molecule has 0 aromatic heterocycles. The summed E-state index contributed by atoms with van der Waals surface area (Å²) in [6.45, 7) is 0.0131. The number of halogens is 1. The third kappa shape index (κ3) is 3.17. The second-order valence-corrected chi connectivity index (χ2v) is 7.49. The average molecular weight is 401 g/mol. The summed E-state index contributed by atoms with van der Waals surface area (Å²) in [6.07, 6.45) is 0.106. The van der Waals surface area contributed by atoms with Crippen molar-refractivity contribution >= 4 is 34.8 Å². The lowest BCUT2D eigenvalue weighted by Crippen LogP contribution is -2.45. The number of hydrogen-bond donors (Lipinski definition) is 1. The number of nitrogens with zero attached hydrogens (tertiary/aromatic N) is 2. The third-order valence-electron chi connectivity index (χ3n) is 5.19. The number of amides is 2. The number of hydroxylamine groups is 1. The van der Waals surface area contributed by atoms with Crippen LogP contribution in [0.5, 0.6) is 0 Å². The lowest BCUT2D eigenvalue weighted by atomic mass is 9.92. The Labute approximate surface area is 168 Å². The van der Waals surface area contributed by atoms with Gasteiger partial charge in [0.25, 0.3) is 5.91 Å². The van der Waals surface area contributed by atoms with Crippen molar-refractivity contribution in [3.05, 3.63) is 60.7 Å². The van der Waals surface area contributed by atoms with E-state index in [1.807, 2.05) is 36.4 Å². The number of carbonyl (C=O) groups is 2. The molecule has 1 unspecified atom stereocenters. The third-order valence-corrected chi connectivity index (χ3v) is 5.67. The summed E-state index contributed by atoms with van der Waals surface area (Å²) < 4.78 is 0. The van der Waals surface area contributed by atoms with Crippen LogP contribution in [0.2, 0.25) is 0 Å². The van der Waals surface area contributed by atoms with E-state index >= 15 is 0 Å². The molecule has 2 aromatic rings. The van der Waals surface area contributed by atoms with E-state index in [0.717, 1.165) is 5.69 Å². The normalized spacial score (nSPS) is 25.3. The van der Waals surface area contributed by atoms with Crippen LogP contribution in [0.15, 0.2) is 60.7 Å². The molecule has 0 aliphatic carbocycles. The van der Waals surface area contributed by atoms with Crippen molar-refractivity contribution in [2.75, 3.05) is 16.6 Å². The van der Waals surface area contributed by atoms with Crippen molar-refractivity contribution in [1.29, 1.82) is 0 Å². The number of anilines is 2. The zero-order valence-corrected chi connectivity index (χ0v) is 15.9. The van der Waals surface area contributed by atoms with E-state index in [2.05, 4.69) is 0 Å². The molecular weight excluding hydrogens is 380 g/mol. The zero-order valence-electron chi connectivity index (χ0n) is 15.1. The molecular formula is C21H21ClN2O4. The van der Waals surface area contributed by atoms with Crippen LogP contribution in [0.4, 0.5) is 11.4 Å². The molecule has 2 aliphatic heterocycles. The predicted molar refractivity (Wildman–Crippen MR) is 106 cm³/mol. The number of carbonyl (C=O) groups excluding carboxylic acids is 2. The maximum absolute atomic E-state index is 13.3. The molecule has 2 aromatic carbocycles. The van der Waals surface area contributed by atoms with Gasteiger partial charge in [-0.05, 0) is 37.1 Å². The summed E-state index contributed by atoms with van der Waals surface area (Å²) in [4.78, 5) is 33.5. The molecule has 0 radical (unpaired) electrons. The molecule has 4 atom stereocenters. The lowest BCUT2D eigenvalue weighted by Gasteiger charge is -2.31. The van der Waals surface area contributed by atoms with Crippen molar-refractivity contribution in [3.8, 4) is 0 Å². The maximum atomic E-state index is 13.3. The second kappa shape index (κ2) is 7.91. The van der Waals surface area contributed by atoms with Crippen molar-refractivity contribution in [2.45, 2.75) is 30.4 Å². The Balaban J connectivity index is 1.69. The number of fused-ring (bicyclic) bond motifs is 1. The van der Waals surface area contributed by atoms with Gasteiger partial charge in [-0.1, -0.05) is 36.4 Å². The van der Waals surface area contributed by atoms with E-state index in [9.17, 15) is 14.7 Å². The van der Waals surface area contributed by atoms with Gasteiger partial charge >= 0.3 is 0 Å². The summed E-state index contributed by atoms with van der Waals surface area (Å²) in [5, 5.41) is 10.3. The number of para-hydroxylation sites is 2. The van der Waals surface area contributed by atoms with Gasteiger partial charge in [-0.25, -0.2) is 9.96 Å². The first-order valence-electron chi connectivity index (χ1n) is 9.32. The minimum Gasteiger partial charge on any atom is -0.396 e. The van der Waals surface area contributed by atoms with Crippen LogP contribution in [0.3, 0.4) is 0 Å². The molecule has 0 spiro atoms. The molecule has 2 fully saturated rings. The largest absolute Gasteiger partial charge is 0.396 e. The fourth-order valence-electron chi connectivity index (χ4n) is 3.91. The highest BCUT2D eigenvalue weighted by atomic mass is 35.5. The van der Waals surface area contributed by atoms with E-state index < -0.39 is 23.4 Å². The lowest BCUT2D eigenvalue weighted by molar-refractivity contribution is -0.126. The highest BCUT2D eigenvalue weighted by molar-refractivity contribution is 6.25. The van der Waals surface area contributed by atoms with Crippen LogP contribution in [0.1, 0.15) is 12.8 Å². The number of hydrogen-bond acceptors (Lipinski definition) is 5. The fraction of sp³-hybridized carbons (Fsp3) is 0.333. The Kier molecular flexibility index (Phi) is 5.35. The molecule has 28 heavy (non-hydrogen) atoms. The molecule has 2 saturated heterocycles. The van der Waals surface area contributed by atoms with Crippen LogP contribution in [-0.2, 0) is 14.4 Å². The Hall–Kier alpha value is -2.41. The predicted octanol–water partition coefficient (Wildman–Crippen LogP) is 2.74. The summed E-state index contributed by atoms with van der Waals surface area (Å²) in [7, 11) is 0. The van der Waals surface area contributed by atoms with Crippen LogP contribution in [-0.4, -0.2) is 41.1 Å². The Morgan fingerprint density at radius 3 is 2.18 bits per heavy atom. The van der Waals surface area contributed by atoms with Gasteiger partial charge in [-0.15, -0.1) is 11.6 Å². The van der Waals surface area contributed by atoms with Crippen molar-refractivity contribution in [2.24, 2.45) is 5.92 Å². The monoisotopic (exact) mass is 400 g/mol. The molecule has 4 rings (SSSR count). The van der Waals surface area contributed by atoms with E-state index in [-0.39, 0.29) is 18.4 Å². The van der Waals surface area contributed by atoms with Gasteiger partial charge in [0.2, 0.25) is 5.91 Å². The minimum atomic E-state index is -0.909. The molecule has 2 aliphatic rings. The molecule has 0 saturated carbocycles. The van der Waals surface area contributed by atoms with E-state index in [4.69, 9.17) is 16.4 Å². The van der Waals surface area contributed by atoms with E-state index in [0.29, 0.717) is 18.5 Å². The highest BCUT2D eigenvalue weighted by Gasteiger charge is 2.61. The number of benzene rings is 2. The smallest absolute Gasteiger partial charge is 0.266 e. The SMILES string of the molecule is O=C1[C@H]2[C@@H](C(Cl)CCCO)N(c3ccccc3)O[C@H]2C(=O)N1c1ccccc1. The van der Waals surface area contributed by atoms with Gasteiger partial charge in [-0.3, -0.25) is 14.4 Å². The second-order valence-electron chi connectivity index (χ2n) is 6.93. The first-order valence-corrected chi connectivity index (χ1v) is 9.76. The number of aliphatic hydroxyl groups is 1. The van der Waals surface area contributed by atoms with Gasteiger partial charge in [0, 0.05) is 6.61 Å². The standard InChI is InChI=1S/C21H21ClN2O4/c22-16(12-7-13-25)18-17-19(28-24(18)15-10-5-2-6-11-15)21(27)23(20(17)26)14-8-3-1-4-9-14/h1-6,8-11,16-19,25H,7,12-13H2/t16?,17-,18+,19+/m0/s1. The topological polar surface area (TPSA) is 70.1 Å². The van der Waals surface area contributed by atoms with Gasteiger partial charge in [0.1, 0.15) is 5.92 Å². The van der Waals surface area contributed by atoms with Crippen molar-refractivity contribution in [1.82, 2.24) is 0 Å². The summed E-state index contributed by atoms with van der Waals surface area (Å²) in [5.74, 6) is -1.39. The van der Waals surface area contributed by atoms with Crippen LogP contribution in [0.25, 0.3) is 0 Å². The van der Waals surface area contributed by atoms with Crippen molar-refractivity contribution < 1.29 is 19.5 Å². The molecule has 0 bridgehead atoms. The van der Waals surface area contributed by atoms with Gasteiger partial charge in [-0.2, -0.15) is 0 Å². The average Bonchev–Trinajstić information content (AvgIpc) is 3.24. The first kappa shape index (κ1) is 18.9. The van der Waals surface area contributed by atoms with Gasteiger partial charge < -0.3 is 5.11 Å². The van der Waals surface area contributed by atoms with Crippen LogP contribution in [0, 0.1) is 5.92 Å². The fourth-order valence-corrected chi connectivity index (χ4v) is 4.32. The molecule has 1 N–H and O–H groups in total. The molecule has 2 amide bonds. The van der Waals surface area contributed by atoms with Crippen LogP contribution >= 0.6 is 11.6 Å². The number of rotatable bonds is 6. The number of imide groups is 1. The summed E-state index contributed by atoms with van der Waals surface area (Å²) in [5.41, 5.74) is 1.27. The van der Waals surface area contributed by atoms with Gasteiger partial charge in [0.05, 0.1) is 22.8 Å². The molecule has 6 nitrogen and oxygen atoms in total. The zero-order chi connectivity index (χ0) is 19.7.